The SMILES string of the molecule is Clc1ccc(-c2cccc3[nH]c(-c4n[nH]c5ccc(-c6ccccn6)nc45)nc23)s1. The van der Waals surface area contributed by atoms with Crippen LogP contribution in [0.15, 0.2) is 66.9 Å². The maximum atomic E-state index is 6.14. The first kappa shape index (κ1) is 17.3. The first-order valence-corrected chi connectivity index (χ1v) is 10.5. The van der Waals surface area contributed by atoms with Crippen LogP contribution in [0.2, 0.25) is 4.34 Å². The molecule has 0 aliphatic rings. The van der Waals surface area contributed by atoms with Crippen molar-refractivity contribution in [3.63, 3.8) is 0 Å². The van der Waals surface area contributed by atoms with E-state index >= 15 is 0 Å². The van der Waals surface area contributed by atoms with Crippen LogP contribution in [0, 0.1) is 0 Å². The summed E-state index contributed by atoms with van der Waals surface area (Å²) in [6.45, 7) is 0. The number of para-hydroxylation sites is 1. The fourth-order valence-corrected chi connectivity index (χ4v) is 4.59. The summed E-state index contributed by atoms with van der Waals surface area (Å²) in [5.41, 5.74) is 6.72. The number of benzene rings is 1. The van der Waals surface area contributed by atoms with Gasteiger partial charge in [-0.3, -0.25) is 10.1 Å². The van der Waals surface area contributed by atoms with Crippen molar-refractivity contribution in [3.05, 3.63) is 71.2 Å². The Bertz CT molecular complexity index is 1520. The van der Waals surface area contributed by atoms with E-state index in [4.69, 9.17) is 21.6 Å². The molecule has 2 N–H and O–H groups in total. The van der Waals surface area contributed by atoms with E-state index in [-0.39, 0.29) is 0 Å². The van der Waals surface area contributed by atoms with Gasteiger partial charge in [-0.2, -0.15) is 5.10 Å². The molecule has 6 nitrogen and oxygen atoms in total. The molecule has 0 spiro atoms. The molecule has 0 amide bonds. The van der Waals surface area contributed by atoms with Gasteiger partial charge < -0.3 is 4.98 Å². The van der Waals surface area contributed by atoms with Gasteiger partial charge in [0.15, 0.2) is 11.5 Å². The van der Waals surface area contributed by atoms with E-state index in [9.17, 15) is 0 Å². The van der Waals surface area contributed by atoms with E-state index in [0.29, 0.717) is 11.5 Å². The quantitative estimate of drug-likeness (QED) is 0.365. The zero-order chi connectivity index (χ0) is 20.1. The summed E-state index contributed by atoms with van der Waals surface area (Å²) in [6.07, 6.45) is 1.76. The Labute approximate surface area is 179 Å². The zero-order valence-corrected chi connectivity index (χ0v) is 17.0. The van der Waals surface area contributed by atoms with Gasteiger partial charge in [0.25, 0.3) is 0 Å². The predicted molar refractivity (Wildman–Crippen MR) is 121 cm³/mol. The Balaban J connectivity index is 1.52. The molecule has 30 heavy (non-hydrogen) atoms. The summed E-state index contributed by atoms with van der Waals surface area (Å²) in [7, 11) is 0. The Morgan fingerprint density at radius 2 is 1.77 bits per heavy atom. The monoisotopic (exact) mass is 428 g/mol. The van der Waals surface area contributed by atoms with Gasteiger partial charge in [-0.05, 0) is 42.5 Å². The number of imidazole rings is 1. The normalized spacial score (nSPS) is 11.5. The van der Waals surface area contributed by atoms with E-state index in [1.165, 1.54) is 11.3 Å². The lowest BCUT2D eigenvalue weighted by molar-refractivity contribution is 1.10. The van der Waals surface area contributed by atoms with Crippen LogP contribution >= 0.6 is 22.9 Å². The molecule has 144 valence electrons. The Morgan fingerprint density at radius 1 is 0.800 bits per heavy atom. The highest BCUT2D eigenvalue weighted by atomic mass is 35.5. The molecule has 0 atom stereocenters. The molecule has 0 saturated carbocycles. The van der Waals surface area contributed by atoms with Crippen LogP contribution in [-0.4, -0.2) is 30.1 Å². The van der Waals surface area contributed by atoms with Crippen LogP contribution in [0.4, 0.5) is 0 Å². The molecular formula is C22H13ClN6S. The second kappa shape index (κ2) is 6.76. The van der Waals surface area contributed by atoms with Crippen molar-refractivity contribution in [1.29, 1.82) is 0 Å². The van der Waals surface area contributed by atoms with Gasteiger partial charge in [-0.1, -0.05) is 29.8 Å². The lowest BCUT2D eigenvalue weighted by Crippen LogP contribution is -1.88. The maximum absolute atomic E-state index is 6.14. The molecule has 1 aromatic carbocycles. The maximum Gasteiger partial charge on any atom is 0.161 e. The molecule has 0 saturated heterocycles. The number of halogens is 1. The molecule has 0 radical (unpaired) electrons. The predicted octanol–water partition coefficient (Wildman–Crippen LogP) is 5.95. The number of pyridine rings is 2. The van der Waals surface area contributed by atoms with Gasteiger partial charge in [0.05, 0.1) is 32.3 Å². The molecule has 5 aromatic heterocycles. The van der Waals surface area contributed by atoms with Gasteiger partial charge >= 0.3 is 0 Å². The van der Waals surface area contributed by atoms with Crippen molar-refractivity contribution in [3.8, 4) is 33.3 Å². The third kappa shape index (κ3) is 2.79. The van der Waals surface area contributed by atoms with Crippen LogP contribution in [0.5, 0.6) is 0 Å². The average Bonchev–Trinajstić information content (AvgIpc) is 3.51. The molecule has 0 bridgehead atoms. The number of H-pyrrole nitrogens is 2. The summed E-state index contributed by atoms with van der Waals surface area (Å²) in [5, 5.41) is 7.53. The fourth-order valence-electron chi connectivity index (χ4n) is 3.52. The number of aromatic amines is 2. The van der Waals surface area contributed by atoms with Crippen molar-refractivity contribution < 1.29 is 0 Å². The summed E-state index contributed by atoms with van der Waals surface area (Å²) in [6, 6.07) is 19.6. The second-order valence-electron chi connectivity index (χ2n) is 6.77. The lowest BCUT2D eigenvalue weighted by atomic mass is 10.1. The van der Waals surface area contributed by atoms with E-state index in [2.05, 4.69) is 26.2 Å². The molecule has 5 heterocycles. The second-order valence-corrected chi connectivity index (χ2v) is 8.49. The number of thiophene rings is 1. The van der Waals surface area contributed by atoms with Crippen molar-refractivity contribution in [2.45, 2.75) is 0 Å². The van der Waals surface area contributed by atoms with Gasteiger partial charge in [0, 0.05) is 16.6 Å². The van der Waals surface area contributed by atoms with E-state index in [1.54, 1.807) is 6.20 Å². The number of hydrogen-bond donors (Lipinski definition) is 2. The minimum Gasteiger partial charge on any atom is -0.336 e. The zero-order valence-electron chi connectivity index (χ0n) is 15.4. The molecule has 0 aliphatic heterocycles. The van der Waals surface area contributed by atoms with E-state index in [0.717, 1.165) is 48.2 Å². The summed E-state index contributed by atoms with van der Waals surface area (Å²) < 4.78 is 0.752. The van der Waals surface area contributed by atoms with Crippen molar-refractivity contribution in [2.24, 2.45) is 0 Å². The van der Waals surface area contributed by atoms with Gasteiger partial charge in [0.2, 0.25) is 0 Å². The minimum atomic E-state index is 0.664. The first-order valence-electron chi connectivity index (χ1n) is 9.27. The summed E-state index contributed by atoms with van der Waals surface area (Å²) in [4.78, 5) is 18.5. The molecule has 0 fully saturated rings. The number of rotatable bonds is 3. The average molecular weight is 429 g/mol. The van der Waals surface area contributed by atoms with Crippen molar-refractivity contribution >= 4 is 45.0 Å². The number of nitrogens with zero attached hydrogens (tertiary/aromatic N) is 4. The van der Waals surface area contributed by atoms with Gasteiger partial charge in [-0.15, -0.1) is 11.3 Å². The Kier molecular flexibility index (Phi) is 3.90. The fraction of sp³-hybridized carbons (Fsp3) is 0. The Morgan fingerprint density at radius 3 is 2.60 bits per heavy atom. The molecule has 0 aliphatic carbocycles. The van der Waals surface area contributed by atoms with Crippen LogP contribution in [0.1, 0.15) is 0 Å². The third-order valence-electron chi connectivity index (χ3n) is 4.91. The number of nitrogens with one attached hydrogen (secondary N) is 2. The molecule has 8 heteroatoms. The lowest BCUT2D eigenvalue weighted by Gasteiger charge is -2.00. The van der Waals surface area contributed by atoms with Gasteiger partial charge in [0.1, 0.15) is 5.52 Å². The molecule has 6 aromatic rings. The van der Waals surface area contributed by atoms with Crippen molar-refractivity contribution in [2.75, 3.05) is 0 Å². The summed E-state index contributed by atoms with van der Waals surface area (Å²) >= 11 is 7.68. The summed E-state index contributed by atoms with van der Waals surface area (Å²) in [5.74, 6) is 0.664. The van der Waals surface area contributed by atoms with Crippen molar-refractivity contribution in [1.82, 2.24) is 30.1 Å². The standard InChI is InChI=1S/C22H13ClN6S/c23-18-10-9-17(30-18)12-4-3-6-15-19(12)27-22(26-15)21-20-16(28-29-21)8-7-14(25-20)13-5-1-2-11-24-13/h1-11H,(H,26,27)(H,28,29). The molecular weight excluding hydrogens is 416 g/mol. The van der Waals surface area contributed by atoms with E-state index in [1.807, 2.05) is 54.6 Å². The largest absolute Gasteiger partial charge is 0.336 e. The number of aromatic nitrogens is 6. The molecule has 6 rings (SSSR count). The van der Waals surface area contributed by atoms with Crippen LogP contribution < -0.4 is 0 Å². The third-order valence-corrected chi connectivity index (χ3v) is 6.18. The highest BCUT2D eigenvalue weighted by molar-refractivity contribution is 7.19. The molecule has 0 unspecified atom stereocenters. The van der Waals surface area contributed by atoms with Crippen LogP contribution in [0.25, 0.3) is 55.4 Å². The topological polar surface area (TPSA) is 83.1 Å². The van der Waals surface area contributed by atoms with E-state index < -0.39 is 0 Å². The number of fused-ring (bicyclic) bond motifs is 2. The minimum absolute atomic E-state index is 0.664. The Hall–Kier alpha value is -3.55. The highest BCUT2D eigenvalue weighted by Crippen LogP contribution is 2.36. The number of hydrogen-bond acceptors (Lipinski definition) is 5. The van der Waals surface area contributed by atoms with Crippen LogP contribution in [0.3, 0.4) is 0 Å². The highest BCUT2D eigenvalue weighted by Gasteiger charge is 2.17. The van der Waals surface area contributed by atoms with Gasteiger partial charge in [-0.25, -0.2) is 9.97 Å². The van der Waals surface area contributed by atoms with Crippen LogP contribution in [-0.2, 0) is 0 Å². The smallest absolute Gasteiger partial charge is 0.161 e. The first-order chi connectivity index (χ1) is 14.8.